The first-order valence-electron chi connectivity index (χ1n) is 19.2. The van der Waals surface area contributed by atoms with E-state index in [1.165, 1.54) is 13.8 Å². The summed E-state index contributed by atoms with van der Waals surface area (Å²) in [5, 5.41) is 43.4. The number of aliphatic hydroxyl groups is 1. The molecule has 0 spiro atoms. The molecule has 0 aliphatic heterocycles. The standard InChI is InChI=1S/C35H65N13O11/c1-16(2)13-22(30(55)47-24(15-25(50)51)31(56)45-21(33(58)59)10-8-12-42-35(39)40)46-27(52)18(5)43-28(53)20(9-7-11-41-34(37)38)44-29(54)23(14-17(3)4)48-32(57)26(36)19(6)49/h16-24,26,49H,7-15,36H2,1-6H3,(H,43,53)(H,44,54)(H,45,56)(H,46,52)(H,47,55)(H,48,57)(H,50,51)(H,58,59)(H4,37,38,41)(H4,39,40,42)/t18-,19+,20-,21-,22-,23-,24-,26-/m0/s1. The molecule has 0 fully saturated rings. The molecule has 24 heteroatoms. The maximum absolute atomic E-state index is 13.6. The van der Waals surface area contributed by atoms with Crippen molar-refractivity contribution in [3.8, 4) is 0 Å². The fourth-order valence-corrected chi connectivity index (χ4v) is 5.30. The van der Waals surface area contributed by atoms with E-state index in [2.05, 4.69) is 41.9 Å². The summed E-state index contributed by atoms with van der Waals surface area (Å²) < 4.78 is 0. The van der Waals surface area contributed by atoms with Gasteiger partial charge < -0.3 is 75.9 Å². The van der Waals surface area contributed by atoms with Gasteiger partial charge in [-0.05, 0) is 64.2 Å². The van der Waals surface area contributed by atoms with Crippen LogP contribution in [-0.4, -0.2) is 136 Å². The molecule has 0 saturated carbocycles. The molecule has 0 rings (SSSR count). The SMILES string of the molecule is CC(C)C[C@H](NC(=O)[C@H](C)NC(=O)[C@H](CCCN=C(N)N)NC(=O)[C@H](CC(C)C)NC(=O)[C@@H](N)[C@@H](C)O)C(=O)N[C@@H](CC(=O)O)C(=O)N[C@@H](CCCN=C(N)N)C(=O)O. The first-order chi connectivity index (χ1) is 27.3. The van der Waals surface area contributed by atoms with E-state index in [0.29, 0.717) is 0 Å². The molecule has 336 valence electrons. The van der Waals surface area contributed by atoms with Gasteiger partial charge >= 0.3 is 11.9 Å². The predicted molar refractivity (Wildman–Crippen MR) is 216 cm³/mol. The molecule has 0 aromatic carbocycles. The number of guanidine groups is 2. The summed E-state index contributed by atoms with van der Waals surface area (Å²) in [6.07, 6.45) is -1.83. The Balaban J connectivity index is 6.14. The zero-order valence-corrected chi connectivity index (χ0v) is 34.5. The van der Waals surface area contributed by atoms with E-state index in [0.717, 1.165) is 0 Å². The Morgan fingerprint density at radius 1 is 0.525 bits per heavy atom. The molecule has 59 heavy (non-hydrogen) atoms. The minimum absolute atomic E-state index is 0.00660. The smallest absolute Gasteiger partial charge is 0.326 e. The number of aliphatic imine (C=N–C) groups is 2. The number of aliphatic hydroxyl groups excluding tert-OH is 1. The largest absolute Gasteiger partial charge is 0.481 e. The summed E-state index contributed by atoms with van der Waals surface area (Å²) >= 11 is 0. The minimum Gasteiger partial charge on any atom is -0.481 e. The fourth-order valence-electron chi connectivity index (χ4n) is 5.30. The van der Waals surface area contributed by atoms with Crippen LogP contribution >= 0.6 is 0 Å². The average Bonchev–Trinajstić information content (AvgIpc) is 3.11. The molecular formula is C35H65N13O11. The van der Waals surface area contributed by atoms with Crippen molar-refractivity contribution in [2.24, 2.45) is 50.5 Å². The number of rotatable bonds is 28. The Bertz CT molecular complexity index is 1500. The highest BCUT2D eigenvalue weighted by Gasteiger charge is 2.34. The maximum atomic E-state index is 13.6. The number of nitrogens with one attached hydrogen (secondary N) is 6. The minimum atomic E-state index is -1.75. The van der Waals surface area contributed by atoms with E-state index < -0.39 is 102 Å². The van der Waals surface area contributed by atoms with Crippen molar-refractivity contribution < 1.29 is 53.7 Å². The second-order valence-corrected chi connectivity index (χ2v) is 14.9. The monoisotopic (exact) mass is 843 g/mol. The van der Waals surface area contributed by atoms with Crippen molar-refractivity contribution in [3.05, 3.63) is 0 Å². The van der Waals surface area contributed by atoms with Gasteiger partial charge in [-0.3, -0.25) is 43.5 Å². The summed E-state index contributed by atoms with van der Waals surface area (Å²) in [6, 6.07) is -9.69. The first-order valence-corrected chi connectivity index (χ1v) is 19.2. The molecule has 6 amide bonds. The molecule has 0 heterocycles. The quantitative estimate of drug-likeness (QED) is 0.0200. The van der Waals surface area contributed by atoms with Gasteiger partial charge in [-0.1, -0.05) is 27.7 Å². The number of aliphatic carboxylic acids is 2. The fraction of sp³-hybridized carbons (Fsp3) is 0.714. The van der Waals surface area contributed by atoms with Gasteiger partial charge in [0, 0.05) is 13.1 Å². The zero-order chi connectivity index (χ0) is 45.6. The third kappa shape index (κ3) is 22.7. The Morgan fingerprint density at radius 3 is 1.31 bits per heavy atom. The van der Waals surface area contributed by atoms with Crippen molar-refractivity contribution in [2.45, 2.75) is 135 Å². The lowest BCUT2D eigenvalue weighted by Crippen LogP contribution is -2.60. The lowest BCUT2D eigenvalue weighted by atomic mass is 10.0. The van der Waals surface area contributed by atoms with Gasteiger partial charge in [0.05, 0.1) is 12.5 Å². The van der Waals surface area contributed by atoms with Gasteiger partial charge in [0.25, 0.3) is 0 Å². The zero-order valence-electron chi connectivity index (χ0n) is 34.5. The second kappa shape index (κ2) is 27.0. The number of carbonyl (C=O) groups is 8. The third-order valence-corrected chi connectivity index (χ3v) is 8.40. The summed E-state index contributed by atoms with van der Waals surface area (Å²) in [7, 11) is 0. The number of carboxylic acid groups (broad SMARTS) is 2. The van der Waals surface area contributed by atoms with Crippen LogP contribution in [0, 0.1) is 11.8 Å². The van der Waals surface area contributed by atoms with Crippen LogP contribution in [-0.2, 0) is 38.4 Å². The van der Waals surface area contributed by atoms with Crippen LogP contribution in [0.2, 0.25) is 0 Å². The lowest BCUT2D eigenvalue weighted by Gasteiger charge is -2.27. The summed E-state index contributed by atoms with van der Waals surface area (Å²) in [5.41, 5.74) is 27.1. The van der Waals surface area contributed by atoms with Gasteiger partial charge in [-0.25, -0.2) is 4.79 Å². The maximum Gasteiger partial charge on any atom is 0.326 e. The number of hydrogen-bond acceptors (Lipinski definition) is 12. The van der Waals surface area contributed by atoms with Crippen LogP contribution in [0.4, 0.5) is 0 Å². The Kier molecular flexibility index (Phi) is 24.4. The number of nitrogens with zero attached hydrogens (tertiary/aromatic N) is 2. The van der Waals surface area contributed by atoms with Crippen molar-refractivity contribution in [3.63, 3.8) is 0 Å². The average molecular weight is 844 g/mol. The predicted octanol–water partition coefficient (Wildman–Crippen LogP) is -4.62. The Hall–Kier alpha value is -5.78. The van der Waals surface area contributed by atoms with E-state index in [1.807, 2.05) is 0 Å². The molecule has 0 aromatic heterocycles. The molecule has 0 saturated heterocycles. The summed E-state index contributed by atoms with van der Waals surface area (Å²) in [5.74, 6) is -9.00. The van der Waals surface area contributed by atoms with Gasteiger partial charge in [-0.15, -0.1) is 0 Å². The summed E-state index contributed by atoms with van der Waals surface area (Å²) in [6.45, 7) is 9.79. The van der Waals surface area contributed by atoms with E-state index in [-0.39, 0.29) is 75.4 Å². The van der Waals surface area contributed by atoms with Crippen LogP contribution in [0.3, 0.4) is 0 Å². The molecular weight excluding hydrogens is 778 g/mol. The van der Waals surface area contributed by atoms with Crippen LogP contribution in [0.1, 0.15) is 86.5 Å². The molecule has 0 unspecified atom stereocenters. The lowest BCUT2D eigenvalue weighted by molar-refractivity contribution is -0.144. The molecule has 0 aliphatic carbocycles. The van der Waals surface area contributed by atoms with E-state index >= 15 is 0 Å². The number of nitrogens with two attached hydrogens (primary N) is 5. The van der Waals surface area contributed by atoms with E-state index in [4.69, 9.17) is 28.7 Å². The molecule has 0 radical (unpaired) electrons. The van der Waals surface area contributed by atoms with Gasteiger partial charge in [0.1, 0.15) is 42.3 Å². The molecule has 0 bridgehead atoms. The highest BCUT2D eigenvalue weighted by atomic mass is 16.4. The second-order valence-electron chi connectivity index (χ2n) is 14.9. The van der Waals surface area contributed by atoms with Crippen LogP contribution in [0.15, 0.2) is 9.98 Å². The highest BCUT2D eigenvalue weighted by Crippen LogP contribution is 2.10. The number of carbonyl (C=O) groups excluding carboxylic acids is 6. The Morgan fingerprint density at radius 2 is 0.898 bits per heavy atom. The number of amides is 6. The van der Waals surface area contributed by atoms with Crippen molar-refractivity contribution in [2.75, 3.05) is 13.1 Å². The third-order valence-electron chi connectivity index (χ3n) is 8.40. The Labute approximate surface area is 343 Å². The molecule has 0 aromatic rings. The highest BCUT2D eigenvalue weighted by molar-refractivity contribution is 5.97. The van der Waals surface area contributed by atoms with Gasteiger partial charge in [-0.2, -0.15) is 0 Å². The summed E-state index contributed by atoms with van der Waals surface area (Å²) in [4.78, 5) is 111. The topological polar surface area (TPSA) is 424 Å². The van der Waals surface area contributed by atoms with Crippen molar-refractivity contribution in [1.82, 2.24) is 31.9 Å². The van der Waals surface area contributed by atoms with Crippen LogP contribution in [0.5, 0.6) is 0 Å². The molecule has 0 aliphatic rings. The van der Waals surface area contributed by atoms with Crippen LogP contribution in [0.25, 0.3) is 0 Å². The molecule has 19 N–H and O–H groups in total. The first kappa shape index (κ1) is 53.2. The van der Waals surface area contributed by atoms with Crippen LogP contribution < -0.4 is 60.6 Å². The number of hydrogen-bond donors (Lipinski definition) is 14. The number of carboxylic acids is 2. The van der Waals surface area contributed by atoms with Crippen molar-refractivity contribution in [1.29, 1.82) is 0 Å². The van der Waals surface area contributed by atoms with Crippen molar-refractivity contribution >= 4 is 59.3 Å². The van der Waals surface area contributed by atoms with E-state index in [9.17, 15) is 53.7 Å². The van der Waals surface area contributed by atoms with Gasteiger partial charge in [0.2, 0.25) is 35.4 Å². The normalized spacial score (nSPS) is 15.1. The molecule has 8 atom stereocenters. The van der Waals surface area contributed by atoms with Gasteiger partial charge in [0.15, 0.2) is 11.9 Å². The van der Waals surface area contributed by atoms with E-state index in [1.54, 1.807) is 27.7 Å². The molecule has 24 nitrogen and oxygen atoms in total.